The lowest BCUT2D eigenvalue weighted by Crippen LogP contribution is -2.30. The van der Waals surface area contributed by atoms with Gasteiger partial charge in [-0.1, -0.05) is 132 Å². The number of aliphatic hydroxyl groups excluding tert-OH is 1. The molecule has 2 aromatic rings. The fourth-order valence-corrected chi connectivity index (χ4v) is 5.45. The lowest BCUT2D eigenvalue weighted by atomic mass is 9.95. The molecule has 1 aliphatic rings. The Morgan fingerprint density at radius 1 is 0.744 bits per heavy atom. The Morgan fingerprint density at radius 2 is 1.23 bits per heavy atom. The minimum Gasteiger partial charge on any atom is -0.507 e. The molecular formula is C34H46FNO3. The molecule has 1 N–H and O–H groups in total. The first-order chi connectivity index (χ1) is 18.9. The normalized spacial score (nSPS) is 16.8. The minimum atomic E-state index is -0.728. The molecule has 212 valence electrons. The van der Waals surface area contributed by atoms with Crippen LogP contribution in [0.1, 0.15) is 120 Å². The molecule has 0 spiro atoms. The molecule has 1 unspecified atom stereocenters. The molecule has 1 fully saturated rings. The van der Waals surface area contributed by atoms with E-state index in [1.165, 1.54) is 82.8 Å². The molecule has 1 saturated heterocycles. The van der Waals surface area contributed by atoms with Crippen molar-refractivity contribution >= 4 is 17.4 Å². The number of amides is 1. The van der Waals surface area contributed by atoms with Gasteiger partial charge in [0.1, 0.15) is 11.6 Å². The number of likely N-dealkylation sites (tertiary alicyclic amines) is 1. The Labute approximate surface area is 234 Å². The maximum atomic E-state index is 13.7. The predicted molar refractivity (Wildman–Crippen MR) is 157 cm³/mol. The second kappa shape index (κ2) is 16.2. The number of hydrogen-bond acceptors (Lipinski definition) is 3. The monoisotopic (exact) mass is 535 g/mol. The summed E-state index contributed by atoms with van der Waals surface area (Å²) in [6, 6.07) is 12.3. The van der Waals surface area contributed by atoms with E-state index in [-0.39, 0.29) is 17.1 Å². The number of carbonyl (C=O) groups excluding carboxylic acids is 2. The van der Waals surface area contributed by atoms with Gasteiger partial charge in [-0.3, -0.25) is 9.59 Å². The van der Waals surface area contributed by atoms with Gasteiger partial charge < -0.3 is 10.0 Å². The second-order valence-corrected chi connectivity index (χ2v) is 11.0. The second-order valence-electron chi connectivity index (χ2n) is 11.0. The number of nitrogens with zero attached hydrogens (tertiary/aromatic N) is 1. The third-order valence-corrected chi connectivity index (χ3v) is 7.80. The first-order valence-electron chi connectivity index (χ1n) is 15.0. The van der Waals surface area contributed by atoms with E-state index in [1.807, 2.05) is 19.1 Å². The van der Waals surface area contributed by atoms with Crippen molar-refractivity contribution in [2.75, 3.05) is 6.54 Å². The summed E-state index contributed by atoms with van der Waals surface area (Å²) in [5.41, 5.74) is 2.21. The first-order valence-corrected chi connectivity index (χ1v) is 15.0. The van der Waals surface area contributed by atoms with Crippen LogP contribution in [0.15, 0.2) is 54.1 Å². The van der Waals surface area contributed by atoms with Crippen molar-refractivity contribution < 1.29 is 19.1 Å². The number of rotatable bonds is 17. The van der Waals surface area contributed by atoms with E-state index in [2.05, 4.69) is 6.92 Å². The van der Waals surface area contributed by atoms with E-state index in [0.29, 0.717) is 17.7 Å². The number of halogens is 1. The average molecular weight is 536 g/mol. The third-order valence-electron chi connectivity index (χ3n) is 7.80. The van der Waals surface area contributed by atoms with Gasteiger partial charge in [-0.05, 0) is 31.0 Å². The van der Waals surface area contributed by atoms with Gasteiger partial charge in [0.05, 0.1) is 11.6 Å². The summed E-state index contributed by atoms with van der Waals surface area (Å²) < 4.78 is 13.7. The fraction of sp³-hybridized carbons (Fsp3) is 0.529. The lowest BCUT2D eigenvalue weighted by Gasteiger charge is -2.25. The van der Waals surface area contributed by atoms with Crippen LogP contribution in [0.5, 0.6) is 0 Å². The van der Waals surface area contributed by atoms with Crippen LogP contribution in [-0.2, 0) is 9.59 Å². The highest BCUT2D eigenvalue weighted by atomic mass is 19.1. The van der Waals surface area contributed by atoms with Gasteiger partial charge in [0.2, 0.25) is 0 Å². The standard InChI is InChI=1S/C34H46FNO3/c1-3-4-5-6-7-8-9-10-11-12-13-14-15-16-25-36-31(27-21-23-29(35)24-22-27)30(33(38)34(36)39)32(37)28-19-17-26(2)18-20-28/h17-24,31,37H,3-16,25H2,1-2H3. The van der Waals surface area contributed by atoms with Gasteiger partial charge in [0, 0.05) is 12.1 Å². The number of benzene rings is 2. The van der Waals surface area contributed by atoms with Crippen LogP contribution in [0.2, 0.25) is 0 Å². The molecular weight excluding hydrogens is 489 g/mol. The Morgan fingerprint density at radius 3 is 1.74 bits per heavy atom. The zero-order valence-electron chi connectivity index (χ0n) is 23.9. The number of aryl methyl sites for hydroxylation is 1. The summed E-state index contributed by atoms with van der Waals surface area (Å²) in [5.74, 6) is -1.87. The van der Waals surface area contributed by atoms with Crippen LogP contribution in [0.4, 0.5) is 4.39 Å². The Bertz CT molecular complexity index is 1070. The van der Waals surface area contributed by atoms with Crippen molar-refractivity contribution in [2.24, 2.45) is 0 Å². The van der Waals surface area contributed by atoms with Crippen LogP contribution in [0.25, 0.3) is 5.76 Å². The molecule has 1 amide bonds. The predicted octanol–water partition coefficient (Wildman–Crippen LogP) is 9.04. The maximum absolute atomic E-state index is 13.7. The van der Waals surface area contributed by atoms with Crippen LogP contribution < -0.4 is 0 Å². The Hall–Kier alpha value is -2.95. The van der Waals surface area contributed by atoms with Gasteiger partial charge in [0.25, 0.3) is 11.7 Å². The van der Waals surface area contributed by atoms with Gasteiger partial charge in [-0.2, -0.15) is 0 Å². The number of Topliss-reactive ketones (excluding diaryl/α,β-unsaturated/α-hetero) is 1. The van der Waals surface area contributed by atoms with Gasteiger partial charge in [-0.15, -0.1) is 0 Å². The largest absolute Gasteiger partial charge is 0.507 e. The number of carbonyl (C=O) groups is 2. The third kappa shape index (κ3) is 9.05. The first kappa shape index (κ1) is 30.6. The number of hydrogen-bond donors (Lipinski definition) is 1. The number of ketones is 1. The molecule has 1 atom stereocenters. The van der Waals surface area contributed by atoms with Gasteiger partial charge in [0.15, 0.2) is 0 Å². The molecule has 0 radical (unpaired) electrons. The Balaban J connectivity index is 1.52. The lowest BCUT2D eigenvalue weighted by molar-refractivity contribution is -0.139. The molecule has 1 aliphatic heterocycles. The molecule has 2 aromatic carbocycles. The summed E-state index contributed by atoms with van der Waals surface area (Å²) >= 11 is 0. The molecule has 1 heterocycles. The molecule has 3 rings (SSSR count). The van der Waals surface area contributed by atoms with Gasteiger partial charge in [-0.25, -0.2) is 4.39 Å². The highest BCUT2D eigenvalue weighted by Crippen LogP contribution is 2.39. The van der Waals surface area contributed by atoms with Crippen LogP contribution in [0, 0.1) is 12.7 Å². The number of unbranched alkanes of at least 4 members (excludes halogenated alkanes) is 13. The molecule has 0 saturated carbocycles. The zero-order chi connectivity index (χ0) is 28.0. The van der Waals surface area contributed by atoms with E-state index >= 15 is 0 Å². The molecule has 5 heteroatoms. The van der Waals surface area contributed by atoms with E-state index in [9.17, 15) is 19.1 Å². The van der Waals surface area contributed by atoms with Crippen molar-refractivity contribution in [3.63, 3.8) is 0 Å². The van der Waals surface area contributed by atoms with Crippen LogP contribution >= 0.6 is 0 Å². The van der Waals surface area contributed by atoms with E-state index in [0.717, 1.165) is 24.8 Å². The highest BCUT2D eigenvalue weighted by Gasteiger charge is 2.45. The van der Waals surface area contributed by atoms with Crippen LogP contribution in [0.3, 0.4) is 0 Å². The van der Waals surface area contributed by atoms with Gasteiger partial charge >= 0.3 is 0 Å². The summed E-state index contributed by atoms with van der Waals surface area (Å²) in [6.45, 7) is 4.62. The minimum absolute atomic E-state index is 0.0702. The topological polar surface area (TPSA) is 57.6 Å². The molecule has 0 aliphatic carbocycles. The summed E-state index contributed by atoms with van der Waals surface area (Å²) in [7, 11) is 0. The molecule has 0 aromatic heterocycles. The zero-order valence-corrected chi connectivity index (χ0v) is 23.9. The van der Waals surface area contributed by atoms with Crippen molar-refractivity contribution in [3.05, 3.63) is 76.6 Å². The summed E-state index contributed by atoms with van der Waals surface area (Å²) in [6.07, 6.45) is 17.4. The maximum Gasteiger partial charge on any atom is 0.295 e. The quantitative estimate of drug-likeness (QED) is 0.0951. The van der Waals surface area contributed by atoms with Crippen molar-refractivity contribution in [2.45, 2.75) is 110 Å². The van der Waals surface area contributed by atoms with Crippen molar-refractivity contribution in [1.29, 1.82) is 0 Å². The SMILES string of the molecule is CCCCCCCCCCCCCCCCN1C(=O)C(=O)C(=C(O)c2ccc(C)cc2)C1c1ccc(F)cc1. The molecule has 4 nitrogen and oxygen atoms in total. The summed E-state index contributed by atoms with van der Waals surface area (Å²) in [5, 5.41) is 11.1. The highest BCUT2D eigenvalue weighted by molar-refractivity contribution is 6.46. The van der Waals surface area contributed by atoms with Crippen LogP contribution in [-0.4, -0.2) is 28.2 Å². The number of aliphatic hydroxyl groups is 1. The van der Waals surface area contributed by atoms with E-state index in [4.69, 9.17) is 0 Å². The molecule has 0 bridgehead atoms. The van der Waals surface area contributed by atoms with E-state index < -0.39 is 17.7 Å². The van der Waals surface area contributed by atoms with Crippen molar-refractivity contribution in [3.8, 4) is 0 Å². The van der Waals surface area contributed by atoms with Crippen molar-refractivity contribution in [1.82, 2.24) is 4.90 Å². The average Bonchev–Trinajstić information content (AvgIpc) is 3.18. The molecule has 39 heavy (non-hydrogen) atoms. The fourth-order valence-electron chi connectivity index (χ4n) is 5.45. The smallest absolute Gasteiger partial charge is 0.295 e. The van der Waals surface area contributed by atoms with E-state index in [1.54, 1.807) is 29.2 Å². The summed E-state index contributed by atoms with van der Waals surface area (Å²) in [4.78, 5) is 27.7. The Kier molecular flexibility index (Phi) is 12.7.